The Kier molecular flexibility index (Phi) is 3.10. The van der Waals surface area contributed by atoms with E-state index in [0.717, 1.165) is 19.4 Å². The summed E-state index contributed by atoms with van der Waals surface area (Å²) in [6, 6.07) is 0.484. The number of ether oxygens (including phenoxy) is 1. The minimum atomic E-state index is -0.562. The van der Waals surface area contributed by atoms with E-state index in [1.54, 1.807) is 0 Å². The molecule has 0 aromatic heterocycles. The van der Waals surface area contributed by atoms with Gasteiger partial charge in [-0.25, -0.2) is 0 Å². The lowest BCUT2D eigenvalue weighted by Gasteiger charge is -2.43. The van der Waals surface area contributed by atoms with Crippen molar-refractivity contribution in [2.24, 2.45) is 5.41 Å². The van der Waals surface area contributed by atoms with Gasteiger partial charge >= 0.3 is 0 Å². The average Bonchev–Trinajstić information content (AvgIpc) is 2.62. The highest BCUT2D eigenvalue weighted by atomic mass is 16.6. The van der Waals surface area contributed by atoms with Gasteiger partial charge in [0.15, 0.2) is 6.29 Å². The predicted octanol–water partition coefficient (Wildman–Crippen LogP) is 1.26. The Morgan fingerprint density at radius 3 is 3.07 bits per heavy atom. The highest BCUT2D eigenvalue weighted by Gasteiger charge is 2.49. The normalized spacial score (nSPS) is 39.4. The number of hydrogen-bond acceptors (Lipinski definition) is 3. The van der Waals surface area contributed by atoms with Gasteiger partial charge in [-0.3, -0.25) is 0 Å². The second-order valence-electron chi connectivity index (χ2n) is 4.54. The number of aliphatic hydroxyl groups is 1. The van der Waals surface area contributed by atoms with Crippen LogP contribution in [0.1, 0.15) is 39.0 Å². The molecule has 0 aromatic rings. The molecule has 14 heavy (non-hydrogen) atoms. The van der Waals surface area contributed by atoms with E-state index in [0.29, 0.717) is 12.6 Å². The topological polar surface area (TPSA) is 41.5 Å². The molecule has 82 valence electrons. The lowest BCUT2D eigenvalue weighted by Crippen LogP contribution is -2.53. The minimum absolute atomic E-state index is 0.0221. The number of aliphatic hydroxyl groups excluding tert-OH is 1. The Morgan fingerprint density at radius 2 is 2.29 bits per heavy atom. The standard InChI is InChI=1S/C11H21NO2/c1-2-14-10(13)11-6-3-5-9(11)12-8-4-7-11/h9-10,12-13H,2-8H2,1H3. The quantitative estimate of drug-likeness (QED) is 0.672. The zero-order valence-electron chi connectivity index (χ0n) is 8.96. The maximum absolute atomic E-state index is 10.1. The van der Waals surface area contributed by atoms with Crippen molar-refractivity contribution in [2.75, 3.05) is 13.2 Å². The van der Waals surface area contributed by atoms with Crippen LogP contribution in [0.5, 0.6) is 0 Å². The molecule has 1 aliphatic carbocycles. The zero-order chi connectivity index (χ0) is 10.0. The summed E-state index contributed by atoms with van der Waals surface area (Å²) in [5.74, 6) is 0. The van der Waals surface area contributed by atoms with E-state index in [1.807, 2.05) is 6.92 Å². The number of rotatable bonds is 3. The molecule has 1 saturated carbocycles. The van der Waals surface area contributed by atoms with Crippen molar-refractivity contribution >= 4 is 0 Å². The molecule has 0 aromatic carbocycles. The Bertz CT molecular complexity index is 198. The molecule has 3 nitrogen and oxygen atoms in total. The fourth-order valence-corrected chi connectivity index (χ4v) is 3.14. The van der Waals surface area contributed by atoms with Crippen molar-refractivity contribution in [1.82, 2.24) is 5.32 Å². The van der Waals surface area contributed by atoms with E-state index in [1.165, 1.54) is 19.3 Å². The van der Waals surface area contributed by atoms with Crippen LogP contribution in [-0.2, 0) is 4.74 Å². The van der Waals surface area contributed by atoms with Gasteiger partial charge in [0.05, 0.1) is 0 Å². The van der Waals surface area contributed by atoms with E-state index in [9.17, 15) is 5.11 Å². The molecule has 2 aliphatic rings. The fourth-order valence-electron chi connectivity index (χ4n) is 3.14. The van der Waals surface area contributed by atoms with Gasteiger partial charge in [0.25, 0.3) is 0 Å². The lowest BCUT2D eigenvalue weighted by atomic mass is 9.75. The third kappa shape index (κ3) is 1.58. The third-order valence-corrected chi connectivity index (χ3v) is 3.86. The Labute approximate surface area is 85.8 Å². The van der Waals surface area contributed by atoms with Gasteiger partial charge < -0.3 is 15.2 Å². The first-order valence-corrected chi connectivity index (χ1v) is 5.82. The van der Waals surface area contributed by atoms with E-state index in [4.69, 9.17) is 4.74 Å². The molecule has 2 N–H and O–H groups in total. The first-order valence-electron chi connectivity index (χ1n) is 5.82. The van der Waals surface area contributed by atoms with Crippen LogP contribution in [0.3, 0.4) is 0 Å². The van der Waals surface area contributed by atoms with Crippen LogP contribution in [0.15, 0.2) is 0 Å². The zero-order valence-corrected chi connectivity index (χ0v) is 8.96. The Hall–Kier alpha value is -0.120. The van der Waals surface area contributed by atoms with Gasteiger partial charge in [-0.2, -0.15) is 0 Å². The van der Waals surface area contributed by atoms with Crippen LogP contribution in [-0.4, -0.2) is 30.6 Å². The Balaban J connectivity index is 2.09. The first-order chi connectivity index (χ1) is 6.79. The van der Waals surface area contributed by atoms with Gasteiger partial charge in [0, 0.05) is 18.1 Å². The van der Waals surface area contributed by atoms with E-state index in [2.05, 4.69) is 5.32 Å². The lowest BCUT2D eigenvalue weighted by molar-refractivity contribution is -0.185. The fraction of sp³-hybridized carbons (Fsp3) is 1.00. The highest BCUT2D eigenvalue weighted by molar-refractivity contribution is 5.00. The first kappa shape index (κ1) is 10.4. The van der Waals surface area contributed by atoms with Crippen molar-refractivity contribution in [3.05, 3.63) is 0 Å². The minimum Gasteiger partial charge on any atom is -0.367 e. The molecule has 2 fully saturated rings. The molecule has 1 heterocycles. The molecule has 0 bridgehead atoms. The smallest absolute Gasteiger partial charge is 0.161 e. The van der Waals surface area contributed by atoms with E-state index >= 15 is 0 Å². The largest absolute Gasteiger partial charge is 0.367 e. The Morgan fingerprint density at radius 1 is 1.50 bits per heavy atom. The summed E-state index contributed by atoms with van der Waals surface area (Å²) in [4.78, 5) is 0. The van der Waals surface area contributed by atoms with Crippen molar-refractivity contribution in [3.63, 3.8) is 0 Å². The van der Waals surface area contributed by atoms with Gasteiger partial charge in [-0.05, 0) is 39.2 Å². The molecule has 0 spiro atoms. The molecular weight excluding hydrogens is 178 g/mol. The summed E-state index contributed by atoms with van der Waals surface area (Å²) in [5, 5.41) is 13.6. The van der Waals surface area contributed by atoms with E-state index < -0.39 is 6.29 Å². The van der Waals surface area contributed by atoms with Crippen LogP contribution in [0.2, 0.25) is 0 Å². The monoisotopic (exact) mass is 199 g/mol. The summed E-state index contributed by atoms with van der Waals surface area (Å²) in [5.41, 5.74) is 0.0221. The summed E-state index contributed by atoms with van der Waals surface area (Å²) < 4.78 is 5.40. The van der Waals surface area contributed by atoms with Crippen molar-refractivity contribution in [3.8, 4) is 0 Å². The van der Waals surface area contributed by atoms with Crippen LogP contribution in [0, 0.1) is 5.41 Å². The van der Waals surface area contributed by atoms with Crippen LogP contribution in [0.4, 0.5) is 0 Å². The van der Waals surface area contributed by atoms with E-state index in [-0.39, 0.29) is 5.41 Å². The number of hydrogen-bond donors (Lipinski definition) is 2. The summed E-state index contributed by atoms with van der Waals surface area (Å²) >= 11 is 0. The summed E-state index contributed by atoms with van der Waals surface area (Å²) in [7, 11) is 0. The number of nitrogens with one attached hydrogen (secondary N) is 1. The van der Waals surface area contributed by atoms with Crippen LogP contribution < -0.4 is 5.32 Å². The van der Waals surface area contributed by atoms with Crippen LogP contribution >= 0.6 is 0 Å². The molecule has 2 rings (SSSR count). The third-order valence-electron chi connectivity index (χ3n) is 3.86. The molecule has 1 saturated heterocycles. The average molecular weight is 199 g/mol. The van der Waals surface area contributed by atoms with Crippen molar-refractivity contribution < 1.29 is 9.84 Å². The van der Waals surface area contributed by atoms with Gasteiger partial charge in [0.1, 0.15) is 0 Å². The molecule has 3 unspecified atom stereocenters. The van der Waals surface area contributed by atoms with Crippen molar-refractivity contribution in [1.29, 1.82) is 0 Å². The molecule has 0 radical (unpaired) electrons. The number of piperidine rings is 1. The second kappa shape index (κ2) is 4.17. The second-order valence-corrected chi connectivity index (χ2v) is 4.54. The molecule has 3 heteroatoms. The summed E-state index contributed by atoms with van der Waals surface area (Å²) in [6.45, 7) is 3.65. The van der Waals surface area contributed by atoms with Crippen molar-refractivity contribution in [2.45, 2.75) is 51.4 Å². The molecule has 1 aliphatic heterocycles. The molecular formula is C11H21NO2. The molecule has 0 amide bonds. The molecule has 3 atom stereocenters. The van der Waals surface area contributed by atoms with Gasteiger partial charge in [0.2, 0.25) is 0 Å². The maximum Gasteiger partial charge on any atom is 0.161 e. The maximum atomic E-state index is 10.1. The number of fused-ring (bicyclic) bond motifs is 1. The van der Waals surface area contributed by atoms with Gasteiger partial charge in [-0.1, -0.05) is 6.42 Å². The SMILES string of the molecule is CCOC(O)C12CCCNC1CCC2. The predicted molar refractivity (Wildman–Crippen MR) is 54.9 cm³/mol. The summed E-state index contributed by atoms with van der Waals surface area (Å²) in [6.07, 6.45) is 5.26. The van der Waals surface area contributed by atoms with Gasteiger partial charge in [-0.15, -0.1) is 0 Å². The van der Waals surface area contributed by atoms with Crippen LogP contribution in [0.25, 0.3) is 0 Å². The highest BCUT2D eigenvalue weighted by Crippen LogP contribution is 2.47.